The molecule has 2 aromatic carbocycles. The zero-order valence-electron chi connectivity index (χ0n) is 13.8. The van der Waals surface area contributed by atoms with Crippen LogP contribution >= 0.6 is 11.8 Å². The van der Waals surface area contributed by atoms with E-state index in [0.717, 1.165) is 11.8 Å². The highest BCUT2D eigenvalue weighted by atomic mass is 32.2. The van der Waals surface area contributed by atoms with Crippen LogP contribution in [0.5, 0.6) is 0 Å². The molecular formula is C17H16FN3O3S2. The van der Waals surface area contributed by atoms with Crippen molar-refractivity contribution in [2.75, 3.05) is 17.0 Å². The number of carbonyl (C=O) groups is 1. The van der Waals surface area contributed by atoms with E-state index in [1.165, 1.54) is 55.1 Å². The summed E-state index contributed by atoms with van der Waals surface area (Å²) in [6, 6.07) is 9.60. The van der Waals surface area contributed by atoms with Gasteiger partial charge in [-0.1, -0.05) is 11.8 Å². The van der Waals surface area contributed by atoms with Crippen molar-refractivity contribution in [1.29, 1.82) is 0 Å². The van der Waals surface area contributed by atoms with Gasteiger partial charge in [0.2, 0.25) is 0 Å². The first-order valence-corrected chi connectivity index (χ1v) is 10.2. The molecule has 0 atom stereocenters. The summed E-state index contributed by atoms with van der Waals surface area (Å²) in [6.07, 6.45) is 0. The fourth-order valence-corrected chi connectivity index (χ4v) is 4.13. The molecule has 0 aliphatic carbocycles. The number of hydrogen-bond donors (Lipinski definition) is 2. The van der Waals surface area contributed by atoms with Crippen LogP contribution in [0.4, 0.5) is 10.1 Å². The number of hydrogen-bond acceptors (Lipinski definition) is 5. The molecule has 0 saturated heterocycles. The second-order valence-corrected chi connectivity index (χ2v) is 8.35. The van der Waals surface area contributed by atoms with E-state index >= 15 is 0 Å². The Balaban J connectivity index is 1.72. The first-order chi connectivity index (χ1) is 12.3. The lowest BCUT2D eigenvalue weighted by Gasteiger charge is -2.10. The Labute approximate surface area is 155 Å². The highest BCUT2D eigenvalue weighted by molar-refractivity contribution is 8.14. The number of anilines is 1. The first-order valence-electron chi connectivity index (χ1n) is 7.73. The molecule has 1 aliphatic heterocycles. The van der Waals surface area contributed by atoms with Crippen molar-refractivity contribution in [1.82, 2.24) is 5.32 Å². The third kappa shape index (κ3) is 4.23. The first kappa shape index (κ1) is 18.4. The summed E-state index contributed by atoms with van der Waals surface area (Å²) in [5.41, 5.74) is 0.935. The predicted molar refractivity (Wildman–Crippen MR) is 101 cm³/mol. The van der Waals surface area contributed by atoms with Crippen molar-refractivity contribution >= 4 is 38.5 Å². The van der Waals surface area contributed by atoms with Gasteiger partial charge in [-0.05, 0) is 55.0 Å². The van der Waals surface area contributed by atoms with Crippen molar-refractivity contribution < 1.29 is 17.6 Å². The van der Waals surface area contributed by atoms with Crippen molar-refractivity contribution in [3.8, 4) is 0 Å². The molecule has 1 amide bonds. The molecular weight excluding hydrogens is 377 g/mol. The molecule has 0 radical (unpaired) electrons. The Hall–Kier alpha value is -2.39. The number of amides is 1. The fraction of sp³-hybridized carbons (Fsp3) is 0.176. The van der Waals surface area contributed by atoms with Crippen LogP contribution in [0.3, 0.4) is 0 Å². The van der Waals surface area contributed by atoms with Gasteiger partial charge in [-0.3, -0.25) is 14.5 Å². The average Bonchev–Trinajstić information content (AvgIpc) is 3.10. The van der Waals surface area contributed by atoms with Crippen LogP contribution in [0.2, 0.25) is 0 Å². The number of amidine groups is 1. The number of thioether (sulfide) groups is 1. The van der Waals surface area contributed by atoms with E-state index in [1.807, 2.05) is 0 Å². The number of aryl methyl sites for hydroxylation is 1. The zero-order valence-corrected chi connectivity index (χ0v) is 15.5. The van der Waals surface area contributed by atoms with E-state index in [0.29, 0.717) is 23.0 Å². The molecule has 0 unspecified atom stereocenters. The van der Waals surface area contributed by atoms with Crippen molar-refractivity contribution in [3.05, 3.63) is 59.4 Å². The standard InChI is InChI=1S/C17H16FN3O3S2/c1-11-10-14(6-7-15(11)18)26(23,24)21-13-4-2-12(3-5-13)16(22)20-17-19-8-9-25-17/h2-7,10,21H,8-9H2,1H3,(H,19,20,22). The molecule has 1 aliphatic rings. The summed E-state index contributed by atoms with van der Waals surface area (Å²) in [5.74, 6) is 0.0743. The van der Waals surface area contributed by atoms with Gasteiger partial charge in [0, 0.05) is 17.0 Å². The third-order valence-electron chi connectivity index (χ3n) is 3.64. The summed E-state index contributed by atoms with van der Waals surface area (Å²) in [7, 11) is -3.84. The molecule has 2 N–H and O–H groups in total. The highest BCUT2D eigenvalue weighted by Gasteiger charge is 2.16. The maximum atomic E-state index is 13.3. The topological polar surface area (TPSA) is 87.6 Å². The molecule has 0 saturated carbocycles. The maximum Gasteiger partial charge on any atom is 0.261 e. The predicted octanol–water partition coefficient (Wildman–Crippen LogP) is 2.77. The van der Waals surface area contributed by atoms with Gasteiger partial charge in [-0.2, -0.15) is 0 Å². The number of sulfonamides is 1. The summed E-state index contributed by atoms with van der Waals surface area (Å²) >= 11 is 1.48. The van der Waals surface area contributed by atoms with E-state index in [4.69, 9.17) is 0 Å². The summed E-state index contributed by atoms with van der Waals surface area (Å²) in [6.45, 7) is 2.18. The Bertz CT molecular complexity index is 973. The van der Waals surface area contributed by atoms with Crippen LogP contribution in [0, 0.1) is 12.7 Å². The van der Waals surface area contributed by atoms with Gasteiger partial charge in [-0.15, -0.1) is 0 Å². The largest absolute Gasteiger partial charge is 0.301 e. The highest BCUT2D eigenvalue weighted by Crippen LogP contribution is 2.19. The second kappa shape index (κ2) is 7.46. The van der Waals surface area contributed by atoms with Gasteiger partial charge in [0.15, 0.2) is 5.17 Å². The van der Waals surface area contributed by atoms with Gasteiger partial charge < -0.3 is 5.32 Å². The Morgan fingerprint density at radius 2 is 1.92 bits per heavy atom. The molecule has 26 heavy (non-hydrogen) atoms. The van der Waals surface area contributed by atoms with E-state index in [9.17, 15) is 17.6 Å². The lowest BCUT2D eigenvalue weighted by Crippen LogP contribution is -2.27. The normalized spacial score (nSPS) is 14.0. The van der Waals surface area contributed by atoms with Crippen LogP contribution in [0.25, 0.3) is 0 Å². The van der Waals surface area contributed by atoms with Crippen LogP contribution in [-0.4, -0.2) is 31.8 Å². The number of aliphatic imine (C=N–C) groups is 1. The smallest absolute Gasteiger partial charge is 0.261 e. The number of halogens is 1. The van der Waals surface area contributed by atoms with E-state index in [1.54, 1.807) is 0 Å². The molecule has 2 aromatic rings. The molecule has 1 heterocycles. The van der Waals surface area contributed by atoms with Crippen LogP contribution in [0.15, 0.2) is 52.4 Å². The minimum Gasteiger partial charge on any atom is -0.301 e. The Morgan fingerprint density at radius 1 is 1.19 bits per heavy atom. The quantitative estimate of drug-likeness (QED) is 0.836. The van der Waals surface area contributed by atoms with Gasteiger partial charge in [0.1, 0.15) is 5.82 Å². The number of benzene rings is 2. The lowest BCUT2D eigenvalue weighted by atomic mass is 10.2. The fourth-order valence-electron chi connectivity index (χ4n) is 2.27. The molecule has 0 fully saturated rings. The minimum atomic E-state index is -3.84. The monoisotopic (exact) mass is 393 g/mol. The average molecular weight is 393 g/mol. The van der Waals surface area contributed by atoms with Gasteiger partial charge in [-0.25, -0.2) is 12.8 Å². The van der Waals surface area contributed by atoms with Crippen molar-refractivity contribution in [2.24, 2.45) is 4.99 Å². The third-order valence-corrected chi connectivity index (χ3v) is 5.92. The number of nitrogens with one attached hydrogen (secondary N) is 2. The summed E-state index contributed by atoms with van der Waals surface area (Å²) in [4.78, 5) is 16.2. The van der Waals surface area contributed by atoms with Crippen LogP contribution in [0.1, 0.15) is 15.9 Å². The van der Waals surface area contributed by atoms with Gasteiger partial charge in [0.25, 0.3) is 15.9 Å². The SMILES string of the molecule is Cc1cc(S(=O)(=O)Nc2ccc(C(=O)NC3=NCCS3)cc2)ccc1F. The summed E-state index contributed by atoms with van der Waals surface area (Å²) in [5, 5.41) is 3.29. The Kier molecular flexibility index (Phi) is 5.28. The molecule has 6 nitrogen and oxygen atoms in total. The van der Waals surface area contributed by atoms with Crippen LogP contribution < -0.4 is 10.0 Å². The Morgan fingerprint density at radius 3 is 2.54 bits per heavy atom. The number of carbonyl (C=O) groups excluding carboxylic acids is 1. The lowest BCUT2D eigenvalue weighted by molar-refractivity contribution is 0.0978. The van der Waals surface area contributed by atoms with E-state index in [-0.39, 0.29) is 16.4 Å². The minimum absolute atomic E-state index is 0.0329. The number of nitrogens with zero attached hydrogens (tertiary/aromatic N) is 1. The molecule has 9 heteroatoms. The van der Waals surface area contributed by atoms with Crippen LogP contribution in [-0.2, 0) is 10.0 Å². The summed E-state index contributed by atoms with van der Waals surface area (Å²) < 4.78 is 40.5. The van der Waals surface area contributed by atoms with Gasteiger partial charge >= 0.3 is 0 Å². The van der Waals surface area contributed by atoms with Crippen molar-refractivity contribution in [2.45, 2.75) is 11.8 Å². The van der Waals surface area contributed by atoms with E-state index in [2.05, 4.69) is 15.0 Å². The maximum absolute atomic E-state index is 13.3. The second-order valence-electron chi connectivity index (χ2n) is 5.58. The van der Waals surface area contributed by atoms with E-state index < -0.39 is 15.8 Å². The molecule has 0 bridgehead atoms. The number of rotatable bonds is 4. The van der Waals surface area contributed by atoms with Gasteiger partial charge in [0.05, 0.1) is 11.4 Å². The molecule has 0 spiro atoms. The van der Waals surface area contributed by atoms with Crippen molar-refractivity contribution in [3.63, 3.8) is 0 Å². The molecule has 136 valence electrons. The molecule has 3 rings (SSSR count). The molecule has 0 aromatic heterocycles. The zero-order chi connectivity index (χ0) is 18.7.